The highest BCUT2D eigenvalue weighted by molar-refractivity contribution is 5.17. The Labute approximate surface area is 42.2 Å². The van der Waals surface area contributed by atoms with Gasteiger partial charge in [-0.1, -0.05) is 17.3 Å². The van der Waals surface area contributed by atoms with Crippen molar-refractivity contribution in [3.63, 3.8) is 0 Å². The second-order valence-corrected chi connectivity index (χ2v) is 2.05. The maximum Gasteiger partial charge on any atom is 0.121 e. The van der Waals surface area contributed by atoms with Gasteiger partial charge in [-0.25, -0.2) is 0 Å². The zero-order valence-corrected chi connectivity index (χ0v) is 4.22. The first-order valence-corrected chi connectivity index (χ1v) is 2.29. The van der Waals surface area contributed by atoms with Crippen LogP contribution in [-0.4, -0.2) is 5.54 Å². The van der Waals surface area contributed by atoms with Crippen molar-refractivity contribution in [2.24, 2.45) is 5.18 Å². The van der Waals surface area contributed by atoms with E-state index in [9.17, 15) is 4.91 Å². The molecule has 2 nitrogen and oxygen atoms in total. The van der Waals surface area contributed by atoms with Gasteiger partial charge in [0, 0.05) is 0 Å². The van der Waals surface area contributed by atoms with Gasteiger partial charge in [-0.2, -0.15) is 0 Å². The fourth-order valence-corrected chi connectivity index (χ4v) is 0.527. The molecule has 0 bridgehead atoms. The summed E-state index contributed by atoms with van der Waals surface area (Å²) in [6, 6.07) is 0. The van der Waals surface area contributed by atoms with Crippen molar-refractivity contribution in [2.75, 3.05) is 0 Å². The van der Waals surface area contributed by atoms with Crippen LogP contribution in [0.4, 0.5) is 0 Å². The van der Waals surface area contributed by atoms with Crippen molar-refractivity contribution < 1.29 is 0 Å². The molecule has 0 aromatic heterocycles. The summed E-state index contributed by atoms with van der Waals surface area (Å²) in [4.78, 5) is 9.81. The van der Waals surface area contributed by atoms with Crippen LogP contribution in [0.1, 0.15) is 13.3 Å². The van der Waals surface area contributed by atoms with Gasteiger partial charge in [0.15, 0.2) is 0 Å². The van der Waals surface area contributed by atoms with Gasteiger partial charge in [-0.3, -0.25) is 0 Å². The monoisotopic (exact) mass is 97.1 g/mol. The van der Waals surface area contributed by atoms with E-state index in [4.69, 9.17) is 0 Å². The Hall–Kier alpha value is -0.660. The van der Waals surface area contributed by atoms with Gasteiger partial charge in [-0.15, -0.1) is 4.91 Å². The lowest BCUT2D eigenvalue weighted by Gasteiger charge is -2.21. The minimum absolute atomic E-state index is 0.347. The molecule has 7 heavy (non-hydrogen) atoms. The molecular weight excluding hydrogens is 90.1 g/mol. The molecule has 2 heteroatoms. The Morgan fingerprint density at radius 2 is 2.43 bits per heavy atom. The van der Waals surface area contributed by atoms with E-state index in [1.54, 1.807) is 0 Å². The summed E-state index contributed by atoms with van der Waals surface area (Å²) in [5, 5.41) is 2.89. The highest BCUT2D eigenvalue weighted by Crippen LogP contribution is 2.25. The molecule has 0 spiro atoms. The first kappa shape index (κ1) is 4.50. The van der Waals surface area contributed by atoms with Crippen LogP contribution in [0.3, 0.4) is 0 Å². The van der Waals surface area contributed by atoms with Gasteiger partial charge in [0.05, 0.1) is 0 Å². The fraction of sp³-hybridized carbons (Fsp3) is 0.600. The van der Waals surface area contributed by atoms with Crippen LogP contribution < -0.4 is 0 Å². The van der Waals surface area contributed by atoms with Gasteiger partial charge < -0.3 is 0 Å². The second kappa shape index (κ2) is 1.15. The molecule has 1 rings (SSSR count). The summed E-state index contributed by atoms with van der Waals surface area (Å²) in [7, 11) is 0. The molecule has 0 amide bonds. The predicted octanol–water partition coefficient (Wildman–Crippen LogP) is 1.47. The van der Waals surface area contributed by atoms with Crippen molar-refractivity contribution >= 4 is 0 Å². The minimum Gasteiger partial charge on any atom is -0.150 e. The topological polar surface area (TPSA) is 29.4 Å². The Balaban J connectivity index is 2.64. The van der Waals surface area contributed by atoms with Gasteiger partial charge >= 0.3 is 0 Å². The van der Waals surface area contributed by atoms with Crippen molar-refractivity contribution in [1.29, 1.82) is 0 Å². The number of rotatable bonds is 1. The van der Waals surface area contributed by atoms with Gasteiger partial charge in [0.1, 0.15) is 5.54 Å². The summed E-state index contributed by atoms with van der Waals surface area (Å²) >= 11 is 0. The van der Waals surface area contributed by atoms with Crippen LogP contribution >= 0.6 is 0 Å². The smallest absolute Gasteiger partial charge is 0.121 e. The highest BCUT2D eigenvalue weighted by Gasteiger charge is 2.25. The zero-order chi connectivity index (χ0) is 5.33. The molecule has 0 saturated carbocycles. The van der Waals surface area contributed by atoms with Gasteiger partial charge in [0.25, 0.3) is 0 Å². The first-order chi connectivity index (χ1) is 3.27. The molecule has 0 radical (unpaired) electrons. The summed E-state index contributed by atoms with van der Waals surface area (Å²) in [5.41, 5.74) is -0.347. The quantitative estimate of drug-likeness (QED) is 0.360. The third-order valence-electron chi connectivity index (χ3n) is 1.22. The van der Waals surface area contributed by atoms with Crippen LogP contribution in [0, 0.1) is 4.91 Å². The molecule has 0 fully saturated rings. The highest BCUT2D eigenvalue weighted by atomic mass is 16.3. The Morgan fingerprint density at radius 1 is 1.86 bits per heavy atom. The number of hydrogen-bond acceptors (Lipinski definition) is 2. The zero-order valence-electron chi connectivity index (χ0n) is 4.22. The molecule has 0 aromatic carbocycles. The summed E-state index contributed by atoms with van der Waals surface area (Å²) in [6.07, 6.45) is 4.58. The molecule has 0 heterocycles. The molecule has 1 aliphatic carbocycles. The molecule has 0 saturated heterocycles. The van der Waals surface area contributed by atoms with Crippen LogP contribution in [0.15, 0.2) is 17.3 Å². The summed E-state index contributed by atoms with van der Waals surface area (Å²) in [6.45, 7) is 1.82. The van der Waals surface area contributed by atoms with E-state index in [-0.39, 0.29) is 5.54 Å². The van der Waals surface area contributed by atoms with E-state index in [0.717, 1.165) is 6.42 Å². The lowest BCUT2D eigenvalue weighted by Crippen LogP contribution is -2.22. The molecular formula is C5H7NO. The van der Waals surface area contributed by atoms with Crippen LogP contribution in [0.5, 0.6) is 0 Å². The normalized spacial score (nSPS) is 37.3. The van der Waals surface area contributed by atoms with Gasteiger partial charge in [-0.05, 0) is 13.3 Å². The Bertz CT molecular complexity index is 119. The van der Waals surface area contributed by atoms with E-state index in [0.29, 0.717) is 0 Å². The molecule has 0 aromatic rings. The third kappa shape index (κ3) is 0.557. The van der Waals surface area contributed by atoms with E-state index < -0.39 is 0 Å². The maximum absolute atomic E-state index is 9.81. The SMILES string of the molecule is CC1(N=O)C=CC1. The van der Waals surface area contributed by atoms with Crippen molar-refractivity contribution in [2.45, 2.75) is 18.9 Å². The molecule has 0 aliphatic heterocycles. The minimum atomic E-state index is -0.347. The van der Waals surface area contributed by atoms with Crippen molar-refractivity contribution in [3.05, 3.63) is 17.1 Å². The molecule has 38 valence electrons. The molecule has 1 atom stereocenters. The van der Waals surface area contributed by atoms with Crippen molar-refractivity contribution in [3.8, 4) is 0 Å². The van der Waals surface area contributed by atoms with Crippen LogP contribution in [0.25, 0.3) is 0 Å². The average molecular weight is 97.1 g/mol. The van der Waals surface area contributed by atoms with Gasteiger partial charge in [0.2, 0.25) is 0 Å². The van der Waals surface area contributed by atoms with E-state index in [2.05, 4.69) is 5.18 Å². The molecule has 1 unspecified atom stereocenters. The van der Waals surface area contributed by atoms with Crippen LogP contribution in [0.2, 0.25) is 0 Å². The van der Waals surface area contributed by atoms with Crippen molar-refractivity contribution in [1.82, 2.24) is 0 Å². The Morgan fingerprint density at radius 3 is 2.43 bits per heavy atom. The predicted molar refractivity (Wildman–Crippen MR) is 28.0 cm³/mol. The number of hydrogen-bond donors (Lipinski definition) is 0. The van der Waals surface area contributed by atoms with Crippen LogP contribution in [-0.2, 0) is 0 Å². The largest absolute Gasteiger partial charge is 0.150 e. The summed E-state index contributed by atoms with van der Waals surface area (Å²) < 4.78 is 0. The standard InChI is InChI=1S/C5H7NO/c1-5(6-7)3-2-4-5/h2-3H,4H2,1H3. The lowest BCUT2D eigenvalue weighted by atomic mass is 9.89. The van der Waals surface area contributed by atoms with E-state index >= 15 is 0 Å². The first-order valence-electron chi connectivity index (χ1n) is 2.29. The summed E-state index contributed by atoms with van der Waals surface area (Å²) in [5.74, 6) is 0. The fourth-order valence-electron chi connectivity index (χ4n) is 0.527. The van der Waals surface area contributed by atoms with E-state index in [1.165, 1.54) is 0 Å². The third-order valence-corrected chi connectivity index (χ3v) is 1.22. The Kier molecular flexibility index (Phi) is 0.741. The average Bonchev–Trinajstić information content (AvgIpc) is 1.61. The number of nitrogens with zero attached hydrogens (tertiary/aromatic N) is 1. The van der Waals surface area contributed by atoms with E-state index in [1.807, 2.05) is 19.1 Å². The lowest BCUT2D eigenvalue weighted by molar-refractivity contribution is 0.545. The maximum atomic E-state index is 9.81. The second-order valence-electron chi connectivity index (χ2n) is 2.05. The molecule has 1 aliphatic rings. The number of nitroso groups, excluding NO2 is 1. The molecule has 0 N–H and O–H groups in total.